The molecule has 1 aliphatic carbocycles. The van der Waals surface area contributed by atoms with Gasteiger partial charge in [0, 0.05) is 0 Å². The molecule has 2 N–H and O–H groups in total. The van der Waals surface area contributed by atoms with Crippen LogP contribution in [0.2, 0.25) is 0 Å². The summed E-state index contributed by atoms with van der Waals surface area (Å²) in [5, 5.41) is 19.8. The fraction of sp³-hybridized carbons (Fsp3) is 0.0667. The van der Waals surface area contributed by atoms with E-state index in [2.05, 4.69) is 0 Å². The van der Waals surface area contributed by atoms with Gasteiger partial charge in [0.25, 0.3) is 0 Å². The molecule has 0 aromatic heterocycles. The lowest BCUT2D eigenvalue weighted by Crippen LogP contribution is -1.91. The molecule has 3 heteroatoms. The Morgan fingerprint density at radius 3 is 2.61 bits per heavy atom. The van der Waals surface area contributed by atoms with Crippen LogP contribution in [0.25, 0.3) is 5.76 Å². The Kier molecular flexibility index (Phi) is 3.53. The number of ether oxygens (including phenoxy) is 1. The molecule has 0 fully saturated rings. The van der Waals surface area contributed by atoms with E-state index in [4.69, 9.17) is 4.74 Å². The summed E-state index contributed by atoms with van der Waals surface area (Å²) in [5.74, 6) is 0.379. The first kappa shape index (κ1) is 12.0. The number of hydrogen-bond donors (Lipinski definition) is 2. The number of allylic oxidation sites excluding steroid dienone is 7. The average molecular weight is 242 g/mol. The molecule has 92 valence electrons. The SMILES string of the molecule is COc1cccc(O)c1/C(O)=C/C=C1C=CC=C1. The van der Waals surface area contributed by atoms with Gasteiger partial charge in [0.05, 0.1) is 12.7 Å². The van der Waals surface area contributed by atoms with Crippen molar-refractivity contribution in [2.75, 3.05) is 7.11 Å². The van der Waals surface area contributed by atoms with Gasteiger partial charge in [-0.25, -0.2) is 0 Å². The molecule has 0 saturated heterocycles. The fourth-order valence-electron chi connectivity index (χ4n) is 1.71. The smallest absolute Gasteiger partial charge is 0.133 e. The van der Waals surface area contributed by atoms with E-state index < -0.39 is 0 Å². The van der Waals surface area contributed by atoms with Gasteiger partial charge in [0.2, 0.25) is 0 Å². The van der Waals surface area contributed by atoms with Gasteiger partial charge in [0.1, 0.15) is 17.3 Å². The van der Waals surface area contributed by atoms with Crippen LogP contribution in [0, 0.1) is 0 Å². The van der Waals surface area contributed by atoms with E-state index in [1.165, 1.54) is 19.3 Å². The summed E-state index contributed by atoms with van der Waals surface area (Å²) >= 11 is 0. The van der Waals surface area contributed by atoms with Crippen molar-refractivity contribution in [1.29, 1.82) is 0 Å². The summed E-state index contributed by atoms with van der Waals surface area (Å²) in [5.41, 5.74) is 1.28. The van der Waals surface area contributed by atoms with Gasteiger partial charge >= 0.3 is 0 Å². The van der Waals surface area contributed by atoms with Gasteiger partial charge in [-0.05, 0) is 23.8 Å². The molecule has 0 unspecified atom stereocenters. The third kappa shape index (κ3) is 2.46. The minimum Gasteiger partial charge on any atom is -0.507 e. The van der Waals surface area contributed by atoms with Crippen LogP contribution >= 0.6 is 0 Å². The van der Waals surface area contributed by atoms with E-state index in [1.807, 2.05) is 24.3 Å². The molecule has 2 rings (SSSR count). The van der Waals surface area contributed by atoms with E-state index >= 15 is 0 Å². The number of aliphatic hydroxyl groups excluding tert-OH is 1. The number of phenols is 1. The third-order valence-corrected chi connectivity index (χ3v) is 2.60. The first-order valence-corrected chi connectivity index (χ1v) is 5.54. The van der Waals surface area contributed by atoms with E-state index in [0.717, 1.165) is 5.57 Å². The molecule has 1 aliphatic rings. The second-order valence-electron chi connectivity index (χ2n) is 3.79. The zero-order valence-corrected chi connectivity index (χ0v) is 10.00. The van der Waals surface area contributed by atoms with Crippen molar-refractivity contribution in [2.24, 2.45) is 0 Å². The minimum atomic E-state index is -0.0360. The van der Waals surface area contributed by atoms with Crippen LogP contribution in [-0.4, -0.2) is 17.3 Å². The van der Waals surface area contributed by atoms with E-state index in [9.17, 15) is 10.2 Å². The number of benzene rings is 1. The summed E-state index contributed by atoms with van der Waals surface area (Å²) in [7, 11) is 1.49. The third-order valence-electron chi connectivity index (χ3n) is 2.60. The number of aromatic hydroxyl groups is 1. The van der Waals surface area contributed by atoms with Gasteiger partial charge in [-0.3, -0.25) is 0 Å². The molecule has 18 heavy (non-hydrogen) atoms. The van der Waals surface area contributed by atoms with Crippen molar-refractivity contribution < 1.29 is 14.9 Å². The van der Waals surface area contributed by atoms with Crippen LogP contribution in [0.3, 0.4) is 0 Å². The lowest BCUT2D eigenvalue weighted by Gasteiger charge is -2.08. The van der Waals surface area contributed by atoms with Crippen LogP contribution < -0.4 is 4.74 Å². The van der Waals surface area contributed by atoms with Crippen LogP contribution in [-0.2, 0) is 0 Å². The Morgan fingerprint density at radius 2 is 1.94 bits per heavy atom. The maximum Gasteiger partial charge on any atom is 0.133 e. The average Bonchev–Trinajstić information content (AvgIpc) is 2.88. The van der Waals surface area contributed by atoms with Gasteiger partial charge in [-0.1, -0.05) is 36.4 Å². The number of methoxy groups -OCH3 is 1. The molecular formula is C15H14O3. The second-order valence-corrected chi connectivity index (χ2v) is 3.79. The normalized spacial score (nSPS) is 14.1. The Hall–Kier alpha value is -2.42. The second kappa shape index (κ2) is 5.27. The molecule has 3 nitrogen and oxygen atoms in total. The number of rotatable bonds is 3. The number of phenolic OH excluding ortho intramolecular Hbond substituents is 1. The zero-order valence-electron chi connectivity index (χ0n) is 10.00. The maximum atomic E-state index is 10.0. The Labute approximate surface area is 106 Å². The van der Waals surface area contributed by atoms with Crippen molar-refractivity contribution in [2.45, 2.75) is 0 Å². The van der Waals surface area contributed by atoms with Crippen molar-refractivity contribution in [3.05, 3.63) is 65.8 Å². The molecule has 0 atom stereocenters. The molecular weight excluding hydrogens is 228 g/mol. The summed E-state index contributed by atoms with van der Waals surface area (Å²) in [6, 6.07) is 4.85. The van der Waals surface area contributed by atoms with Gasteiger partial charge in [-0.2, -0.15) is 0 Å². The molecule has 0 spiro atoms. The molecule has 0 radical (unpaired) electrons. The predicted molar refractivity (Wildman–Crippen MR) is 71.6 cm³/mol. The highest BCUT2D eigenvalue weighted by Crippen LogP contribution is 2.32. The summed E-state index contributed by atoms with van der Waals surface area (Å²) < 4.78 is 5.11. The molecule has 0 heterocycles. The molecule has 0 aliphatic heterocycles. The van der Waals surface area contributed by atoms with Crippen molar-refractivity contribution in [3.8, 4) is 11.5 Å². The molecule has 1 aromatic rings. The Morgan fingerprint density at radius 1 is 1.22 bits per heavy atom. The maximum absolute atomic E-state index is 10.0. The first-order chi connectivity index (χ1) is 8.72. The predicted octanol–water partition coefficient (Wildman–Crippen LogP) is 3.35. The highest BCUT2D eigenvalue weighted by Gasteiger charge is 2.11. The van der Waals surface area contributed by atoms with Gasteiger partial charge in [-0.15, -0.1) is 0 Å². The van der Waals surface area contributed by atoms with Gasteiger partial charge in [0.15, 0.2) is 0 Å². The van der Waals surface area contributed by atoms with E-state index in [1.54, 1.807) is 18.2 Å². The topological polar surface area (TPSA) is 49.7 Å². The quantitative estimate of drug-likeness (QED) is 0.799. The lowest BCUT2D eigenvalue weighted by atomic mass is 10.1. The van der Waals surface area contributed by atoms with Crippen molar-refractivity contribution in [1.82, 2.24) is 0 Å². The first-order valence-electron chi connectivity index (χ1n) is 5.54. The van der Waals surface area contributed by atoms with E-state index in [-0.39, 0.29) is 11.5 Å². The molecule has 0 saturated carbocycles. The Bertz CT molecular complexity index is 549. The highest BCUT2D eigenvalue weighted by atomic mass is 16.5. The largest absolute Gasteiger partial charge is 0.507 e. The molecule has 0 amide bonds. The van der Waals surface area contributed by atoms with Crippen LogP contribution in [0.1, 0.15) is 5.56 Å². The van der Waals surface area contributed by atoms with Crippen molar-refractivity contribution in [3.63, 3.8) is 0 Å². The van der Waals surface area contributed by atoms with Crippen LogP contribution in [0.4, 0.5) is 0 Å². The van der Waals surface area contributed by atoms with Crippen LogP contribution in [0.5, 0.6) is 11.5 Å². The summed E-state index contributed by atoms with van der Waals surface area (Å²) in [4.78, 5) is 0. The fourth-order valence-corrected chi connectivity index (χ4v) is 1.71. The van der Waals surface area contributed by atoms with Crippen LogP contribution in [0.15, 0.2) is 60.2 Å². The zero-order chi connectivity index (χ0) is 13.0. The summed E-state index contributed by atoms with van der Waals surface area (Å²) in [6.07, 6.45) is 11.0. The number of hydrogen-bond acceptors (Lipinski definition) is 3. The Balaban J connectivity index is 2.36. The number of aliphatic hydroxyl groups is 1. The van der Waals surface area contributed by atoms with E-state index in [0.29, 0.717) is 11.3 Å². The highest BCUT2D eigenvalue weighted by molar-refractivity contribution is 5.71. The molecule has 0 bridgehead atoms. The summed E-state index contributed by atoms with van der Waals surface area (Å²) in [6.45, 7) is 0. The lowest BCUT2D eigenvalue weighted by molar-refractivity contribution is 0.398. The standard InChI is InChI=1S/C15H14O3/c1-18-14-8-4-7-12(16)15(14)13(17)10-9-11-5-2-3-6-11/h2-10,16-17H,1H3/b13-10-. The molecule has 1 aromatic carbocycles. The monoisotopic (exact) mass is 242 g/mol. The van der Waals surface area contributed by atoms with Crippen molar-refractivity contribution >= 4 is 5.76 Å². The van der Waals surface area contributed by atoms with Gasteiger partial charge < -0.3 is 14.9 Å². The minimum absolute atomic E-state index is 0.0148.